The van der Waals surface area contributed by atoms with Gasteiger partial charge in [-0.3, -0.25) is 4.79 Å². The molecule has 0 N–H and O–H groups in total. The highest BCUT2D eigenvalue weighted by Gasteiger charge is 2.30. The number of anilines is 1. The van der Waals surface area contributed by atoms with Gasteiger partial charge in [-0.2, -0.15) is 0 Å². The largest absolute Gasteiger partial charge is 0.304 e. The topological polar surface area (TPSA) is 20.3 Å². The summed E-state index contributed by atoms with van der Waals surface area (Å²) in [5.74, 6) is 0.108. The highest BCUT2D eigenvalue weighted by molar-refractivity contribution is 7.65. The zero-order chi connectivity index (χ0) is 20.3. The maximum atomic E-state index is 13.5. The standard InChI is InChI=1S/C27H22NOP/c29-27(30-22-14-5-2-6-15-22)28-19-21-13-7-8-16-23(21)26(20-11-3-1-4-12-20)24-17-9-10-18-25(24)28/h1-18,26,30H,19H2. The maximum absolute atomic E-state index is 13.5. The van der Waals surface area contributed by atoms with Crippen LogP contribution in [0, 0.1) is 0 Å². The van der Waals surface area contributed by atoms with E-state index in [0.29, 0.717) is 6.54 Å². The molecule has 4 aromatic carbocycles. The first kappa shape index (κ1) is 18.8. The molecule has 1 amide bonds. The second kappa shape index (κ2) is 8.26. The number of fused-ring (bicyclic) bond motifs is 2. The molecule has 30 heavy (non-hydrogen) atoms. The first-order valence-electron chi connectivity index (χ1n) is 10.2. The van der Waals surface area contributed by atoms with Crippen molar-refractivity contribution in [3.8, 4) is 0 Å². The fourth-order valence-electron chi connectivity index (χ4n) is 4.26. The molecule has 0 aliphatic carbocycles. The summed E-state index contributed by atoms with van der Waals surface area (Å²) in [6.45, 7) is 0.592. The lowest BCUT2D eigenvalue weighted by Crippen LogP contribution is -2.27. The molecule has 0 saturated carbocycles. The number of hydrogen-bond acceptors (Lipinski definition) is 1. The second-order valence-electron chi connectivity index (χ2n) is 7.48. The van der Waals surface area contributed by atoms with Crippen molar-refractivity contribution in [2.45, 2.75) is 12.5 Å². The fourth-order valence-corrected chi connectivity index (χ4v) is 5.20. The summed E-state index contributed by atoms with van der Waals surface area (Å²) < 4.78 is 0. The number of rotatable bonds is 3. The molecule has 1 heterocycles. The van der Waals surface area contributed by atoms with Gasteiger partial charge in [0.2, 0.25) is 5.65 Å². The van der Waals surface area contributed by atoms with Crippen LogP contribution in [0.1, 0.15) is 28.2 Å². The van der Waals surface area contributed by atoms with E-state index in [4.69, 9.17) is 0 Å². The van der Waals surface area contributed by atoms with Gasteiger partial charge in [-0.25, -0.2) is 0 Å². The minimum atomic E-state index is 0.101. The summed E-state index contributed by atoms with van der Waals surface area (Å²) in [4.78, 5) is 15.4. The van der Waals surface area contributed by atoms with Crippen LogP contribution in [0.25, 0.3) is 0 Å². The van der Waals surface area contributed by atoms with E-state index in [2.05, 4.69) is 72.8 Å². The van der Waals surface area contributed by atoms with Crippen LogP contribution in [0.2, 0.25) is 0 Å². The van der Waals surface area contributed by atoms with Gasteiger partial charge in [0.15, 0.2) is 0 Å². The molecule has 2 unspecified atom stereocenters. The summed E-state index contributed by atoms with van der Waals surface area (Å²) in [5, 5.41) is 1.07. The van der Waals surface area contributed by atoms with Crippen LogP contribution in [-0.4, -0.2) is 5.65 Å². The van der Waals surface area contributed by atoms with Crippen molar-refractivity contribution in [1.29, 1.82) is 0 Å². The van der Waals surface area contributed by atoms with Gasteiger partial charge >= 0.3 is 0 Å². The average molecular weight is 407 g/mol. The van der Waals surface area contributed by atoms with Crippen molar-refractivity contribution in [2.24, 2.45) is 0 Å². The lowest BCUT2D eigenvalue weighted by molar-refractivity contribution is 0.264. The number of benzene rings is 4. The fraction of sp³-hybridized carbons (Fsp3) is 0.0741. The Hall–Kier alpha value is -3.22. The quantitative estimate of drug-likeness (QED) is 0.364. The number of para-hydroxylation sites is 1. The van der Waals surface area contributed by atoms with Crippen molar-refractivity contribution < 1.29 is 4.79 Å². The van der Waals surface area contributed by atoms with E-state index in [1.165, 1.54) is 22.3 Å². The number of carbonyl (C=O) groups is 1. The minimum absolute atomic E-state index is 0.101. The van der Waals surface area contributed by atoms with Crippen LogP contribution in [0.15, 0.2) is 109 Å². The number of nitrogens with zero attached hydrogens (tertiary/aromatic N) is 1. The van der Waals surface area contributed by atoms with Crippen molar-refractivity contribution >= 4 is 25.2 Å². The molecule has 0 bridgehead atoms. The van der Waals surface area contributed by atoms with Gasteiger partial charge < -0.3 is 4.90 Å². The Morgan fingerprint density at radius 3 is 2.07 bits per heavy atom. The summed E-state index contributed by atoms with van der Waals surface area (Å²) in [6, 6.07) is 37.5. The molecule has 0 saturated heterocycles. The molecule has 1 aliphatic heterocycles. The molecule has 0 spiro atoms. The van der Waals surface area contributed by atoms with Crippen LogP contribution < -0.4 is 10.2 Å². The second-order valence-corrected chi connectivity index (χ2v) is 8.74. The van der Waals surface area contributed by atoms with Crippen molar-refractivity contribution in [2.75, 3.05) is 4.90 Å². The Morgan fingerprint density at radius 2 is 1.30 bits per heavy atom. The molecule has 0 aromatic heterocycles. The Kier molecular flexibility index (Phi) is 5.17. The molecular formula is C27H22NOP. The Labute approximate surface area is 179 Å². The summed E-state index contributed by atoms with van der Waals surface area (Å²) in [5.41, 5.74) is 6.06. The Bertz CT molecular complexity index is 1170. The van der Waals surface area contributed by atoms with E-state index in [0.717, 1.165) is 11.0 Å². The van der Waals surface area contributed by atoms with E-state index in [9.17, 15) is 4.79 Å². The Morgan fingerprint density at radius 1 is 0.700 bits per heavy atom. The van der Waals surface area contributed by atoms with Crippen LogP contribution in [0.4, 0.5) is 10.5 Å². The van der Waals surface area contributed by atoms with Crippen LogP contribution in [0.5, 0.6) is 0 Å². The van der Waals surface area contributed by atoms with Gasteiger partial charge in [-0.05, 0) is 33.6 Å². The summed E-state index contributed by atoms with van der Waals surface area (Å²) >= 11 is 0. The molecule has 2 nitrogen and oxygen atoms in total. The Balaban J connectivity index is 1.65. The molecule has 146 valence electrons. The molecule has 1 aliphatic rings. The van der Waals surface area contributed by atoms with Gasteiger partial charge in [-0.1, -0.05) is 103 Å². The third-order valence-electron chi connectivity index (χ3n) is 5.64. The van der Waals surface area contributed by atoms with Gasteiger partial charge in [0, 0.05) is 20.2 Å². The monoisotopic (exact) mass is 407 g/mol. The van der Waals surface area contributed by atoms with Crippen LogP contribution in [-0.2, 0) is 6.54 Å². The van der Waals surface area contributed by atoms with Crippen LogP contribution >= 0.6 is 8.58 Å². The molecule has 0 radical (unpaired) electrons. The van der Waals surface area contributed by atoms with Crippen molar-refractivity contribution in [1.82, 2.24) is 0 Å². The predicted octanol–water partition coefficient (Wildman–Crippen LogP) is 6.31. The van der Waals surface area contributed by atoms with Gasteiger partial charge in [0.1, 0.15) is 0 Å². The minimum Gasteiger partial charge on any atom is -0.304 e. The van der Waals surface area contributed by atoms with E-state index in [1.807, 2.05) is 41.3 Å². The molecule has 2 atom stereocenters. The zero-order valence-corrected chi connectivity index (χ0v) is 17.5. The first-order valence-corrected chi connectivity index (χ1v) is 11.2. The van der Waals surface area contributed by atoms with Crippen molar-refractivity contribution in [3.63, 3.8) is 0 Å². The molecular weight excluding hydrogens is 385 g/mol. The third kappa shape index (κ3) is 3.56. The predicted molar refractivity (Wildman–Crippen MR) is 126 cm³/mol. The number of hydrogen-bond donors (Lipinski definition) is 0. The zero-order valence-electron chi connectivity index (χ0n) is 16.5. The average Bonchev–Trinajstić information content (AvgIpc) is 2.95. The van der Waals surface area contributed by atoms with E-state index in [1.54, 1.807) is 0 Å². The van der Waals surface area contributed by atoms with Gasteiger partial charge in [0.05, 0.1) is 6.54 Å². The molecule has 3 heteroatoms. The highest BCUT2D eigenvalue weighted by Crippen LogP contribution is 2.43. The number of amides is 1. The molecule has 5 rings (SSSR count). The lowest BCUT2D eigenvalue weighted by Gasteiger charge is -2.24. The van der Waals surface area contributed by atoms with E-state index in [-0.39, 0.29) is 20.1 Å². The smallest absolute Gasteiger partial charge is 0.249 e. The highest BCUT2D eigenvalue weighted by atomic mass is 31.1. The van der Waals surface area contributed by atoms with E-state index < -0.39 is 0 Å². The SMILES string of the molecule is O=C(Pc1ccccc1)N1Cc2ccccc2C(c2ccccc2)c2ccccc21. The molecule has 4 aromatic rings. The van der Waals surface area contributed by atoms with Gasteiger partial charge in [0.25, 0.3) is 0 Å². The lowest BCUT2D eigenvalue weighted by atomic mass is 9.83. The molecule has 0 fully saturated rings. The van der Waals surface area contributed by atoms with Crippen molar-refractivity contribution in [3.05, 3.63) is 131 Å². The first-order chi connectivity index (χ1) is 14.8. The normalized spacial score (nSPS) is 15.5. The maximum Gasteiger partial charge on any atom is 0.249 e. The third-order valence-corrected chi connectivity index (χ3v) is 6.74. The summed E-state index contributed by atoms with van der Waals surface area (Å²) in [7, 11) is 0.101. The number of carbonyl (C=O) groups excluding carboxylic acids is 1. The van der Waals surface area contributed by atoms with Crippen LogP contribution in [0.3, 0.4) is 0 Å². The summed E-state index contributed by atoms with van der Waals surface area (Å²) in [6.07, 6.45) is 0. The van der Waals surface area contributed by atoms with Gasteiger partial charge in [-0.15, -0.1) is 0 Å². The van der Waals surface area contributed by atoms with E-state index >= 15 is 0 Å².